The smallest absolute Gasteiger partial charge is 0.163 e. The highest BCUT2D eigenvalue weighted by Crippen LogP contribution is 2.18. The molecule has 0 fully saturated rings. The van der Waals surface area contributed by atoms with E-state index in [1.807, 2.05) is 6.07 Å². The first kappa shape index (κ1) is 10.2. The maximum atomic E-state index is 8.67. The van der Waals surface area contributed by atoms with E-state index in [1.54, 1.807) is 38.1 Å². The van der Waals surface area contributed by atoms with Crippen LogP contribution in [0.4, 0.5) is 0 Å². The van der Waals surface area contributed by atoms with Crippen LogP contribution in [0.15, 0.2) is 24.3 Å². The zero-order valence-electron chi connectivity index (χ0n) is 8.24. The van der Waals surface area contributed by atoms with Crippen molar-refractivity contribution in [3.05, 3.63) is 29.8 Å². The molecule has 2 heteroatoms. The SMILES string of the molecule is C#CC(C)(C)Oc1cccc(C#N)c1. The number of nitriles is 1. The molecule has 0 spiro atoms. The molecule has 0 aliphatic heterocycles. The first-order valence-corrected chi connectivity index (χ1v) is 4.24. The van der Waals surface area contributed by atoms with Gasteiger partial charge in [0.1, 0.15) is 5.75 Å². The van der Waals surface area contributed by atoms with Gasteiger partial charge in [0, 0.05) is 0 Å². The molecule has 0 saturated carbocycles. The number of hydrogen-bond acceptors (Lipinski definition) is 2. The highest BCUT2D eigenvalue weighted by molar-refractivity contribution is 5.36. The average molecular weight is 185 g/mol. The molecule has 0 aliphatic rings. The quantitative estimate of drug-likeness (QED) is 0.662. The molecule has 0 radical (unpaired) electrons. The van der Waals surface area contributed by atoms with E-state index < -0.39 is 5.60 Å². The standard InChI is InChI=1S/C12H11NO/c1-4-12(2,3)14-11-7-5-6-10(8-11)9-13/h1,5-8H,2-3H3. The van der Waals surface area contributed by atoms with Crippen molar-refractivity contribution in [2.45, 2.75) is 19.4 Å². The van der Waals surface area contributed by atoms with Crippen LogP contribution in [0.25, 0.3) is 0 Å². The van der Waals surface area contributed by atoms with Gasteiger partial charge >= 0.3 is 0 Å². The normalized spacial score (nSPS) is 10.0. The van der Waals surface area contributed by atoms with Crippen LogP contribution in [0.1, 0.15) is 19.4 Å². The lowest BCUT2D eigenvalue weighted by Gasteiger charge is -2.20. The Morgan fingerprint density at radius 2 is 2.14 bits per heavy atom. The summed E-state index contributed by atoms with van der Waals surface area (Å²) < 4.78 is 5.51. The summed E-state index contributed by atoms with van der Waals surface area (Å²) in [5.41, 5.74) is -0.0797. The molecule has 0 bridgehead atoms. The number of terminal acetylenes is 1. The fourth-order valence-corrected chi connectivity index (χ4v) is 0.953. The fourth-order valence-electron chi connectivity index (χ4n) is 0.953. The van der Waals surface area contributed by atoms with E-state index in [2.05, 4.69) is 5.92 Å². The Hall–Kier alpha value is -1.93. The Morgan fingerprint density at radius 3 is 2.71 bits per heavy atom. The van der Waals surface area contributed by atoms with Crippen molar-refractivity contribution in [1.29, 1.82) is 5.26 Å². The van der Waals surface area contributed by atoms with Crippen LogP contribution in [0.3, 0.4) is 0 Å². The Morgan fingerprint density at radius 1 is 1.43 bits per heavy atom. The Kier molecular flexibility index (Phi) is 2.79. The molecule has 1 aromatic rings. The molecular weight excluding hydrogens is 174 g/mol. The first-order chi connectivity index (χ1) is 6.57. The molecule has 0 atom stereocenters. The molecule has 0 unspecified atom stereocenters. The van der Waals surface area contributed by atoms with Gasteiger partial charge in [-0.15, -0.1) is 6.42 Å². The summed E-state index contributed by atoms with van der Waals surface area (Å²) in [4.78, 5) is 0. The van der Waals surface area contributed by atoms with Crippen LogP contribution in [0.2, 0.25) is 0 Å². The second-order valence-corrected chi connectivity index (χ2v) is 3.40. The Balaban J connectivity index is 2.90. The lowest BCUT2D eigenvalue weighted by Crippen LogP contribution is -2.25. The minimum atomic E-state index is -0.645. The maximum absolute atomic E-state index is 8.67. The van der Waals surface area contributed by atoms with Gasteiger partial charge in [0.15, 0.2) is 5.60 Å². The number of benzene rings is 1. The van der Waals surface area contributed by atoms with E-state index in [-0.39, 0.29) is 0 Å². The highest BCUT2D eigenvalue weighted by Gasteiger charge is 2.15. The van der Waals surface area contributed by atoms with E-state index in [9.17, 15) is 0 Å². The van der Waals surface area contributed by atoms with Gasteiger partial charge in [-0.2, -0.15) is 5.26 Å². The summed E-state index contributed by atoms with van der Waals surface area (Å²) in [5.74, 6) is 3.14. The molecule has 0 saturated heterocycles. The monoisotopic (exact) mass is 185 g/mol. The van der Waals surface area contributed by atoms with Gasteiger partial charge in [-0.3, -0.25) is 0 Å². The molecule has 2 nitrogen and oxygen atoms in total. The second kappa shape index (κ2) is 3.85. The van der Waals surface area contributed by atoms with Crippen LogP contribution in [-0.4, -0.2) is 5.60 Å². The fraction of sp³-hybridized carbons (Fsp3) is 0.250. The lowest BCUT2D eigenvalue weighted by atomic mass is 10.1. The van der Waals surface area contributed by atoms with E-state index in [4.69, 9.17) is 16.4 Å². The van der Waals surface area contributed by atoms with Crippen molar-refractivity contribution in [3.8, 4) is 24.2 Å². The zero-order valence-corrected chi connectivity index (χ0v) is 8.24. The van der Waals surface area contributed by atoms with Crippen molar-refractivity contribution in [2.24, 2.45) is 0 Å². The van der Waals surface area contributed by atoms with Gasteiger partial charge < -0.3 is 4.74 Å². The molecule has 0 heterocycles. The van der Waals surface area contributed by atoms with E-state index in [0.717, 1.165) is 0 Å². The van der Waals surface area contributed by atoms with Crippen molar-refractivity contribution >= 4 is 0 Å². The Bertz CT molecular complexity index is 407. The molecular formula is C12H11NO. The van der Waals surface area contributed by atoms with Gasteiger partial charge in [-0.25, -0.2) is 0 Å². The largest absolute Gasteiger partial charge is 0.475 e. The summed E-state index contributed by atoms with van der Waals surface area (Å²) in [6, 6.07) is 8.97. The number of hydrogen-bond donors (Lipinski definition) is 0. The van der Waals surface area contributed by atoms with Gasteiger partial charge in [0.2, 0.25) is 0 Å². The van der Waals surface area contributed by atoms with Crippen molar-refractivity contribution in [1.82, 2.24) is 0 Å². The van der Waals surface area contributed by atoms with Crippen molar-refractivity contribution < 1.29 is 4.74 Å². The first-order valence-electron chi connectivity index (χ1n) is 4.24. The lowest BCUT2D eigenvalue weighted by molar-refractivity contribution is 0.172. The Labute approximate surface area is 84.1 Å². The van der Waals surface area contributed by atoms with Gasteiger partial charge in [-0.05, 0) is 32.0 Å². The molecule has 0 N–H and O–H groups in total. The summed E-state index contributed by atoms with van der Waals surface area (Å²) in [7, 11) is 0. The second-order valence-electron chi connectivity index (χ2n) is 3.40. The van der Waals surface area contributed by atoms with Crippen molar-refractivity contribution in [2.75, 3.05) is 0 Å². The number of nitrogens with zero attached hydrogens (tertiary/aromatic N) is 1. The summed E-state index contributed by atoms with van der Waals surface area (Å²) in [6.07, 6.45) is 5.28. The van der Waals surface area contributed by atoms with Crippen molar-refractivity contribution in [3.63, 3.8) is 0 Å². The molecule has 0 aliphatic carbocycles. The summed E-state index contributed by atoms with van der Waals surface area (Å²) >= 11 is 0. The van der Waals surface area contributed by atoms with Gasteiger partial charge in [0.05, 0.1) is 11.6 Å². The predicted octanol–water partition coefficient (Wildman–Crippen LogP) is 2.35. The summed E-state index contributed by atoms with van der Waals surface area (Å²) in [5, 5.41) is 8.67. The highest BCUT2D eigenvalue weighted by atomic mass is 16.5. The minimum absolute atomic E-state index is 0.565. The summed E-state index contributed by atoms with van der Waals surface area (Å²) in [6.45, 7) is 3.60. The predicted molar refractivity (Wildman–Crippen MR) is 54.7 cm³/mol. The van der Waals surface area contributed by atoms with Crippen LogP contribution in [0, 0.1) is 23.7 Å². The molecule has 1 rings (SSSR count). The molecule has 70 valence electrons. The number of rotatable bonds is 2. The van der Waals surface area contributed by atoms with E-state index in [0.29, 0.717) is 11.3 Å². The van der Waals surface area contributed by atoms with E-state index in [1.165, 1.54) is 0 Å². The average Bonchev–Trinajstić information content (AvgIpc) is 2.17. The van der Waals surface area contributed by atoms with Gasteiger partial charge in [0.25, 0.3) is 0 Å². The third-order valence-electron chi connectivity index (χ3n) is 1.68. The number of ether oxygens (including phenoxy) is 1. The van der Waals surface area contributed by atoms with Crippen LogP contribution < -0.4 is 4.74 Å². The van der Waals surface area contributed by atoms with Crippen LogP contribution in [0.5, 0.6) is 5.75 Å². The zero-order chi connectivity index (χ0) is 10.6. The maximum Gasteiger partial charge on any atom is 0.163 e. The third-order valence-corrected chi connectivity index (χ3v) is 1.68. The minimum Gasteiger partial charge on any atom is -0.475 e. The third kappa shape index (κ3) is 2.54. The molecule has 1 aromatic carbocycles. The topological polar surface area (TPSA) is 33.0 Å². The van der Waals surface area contributed by atoms with E-state index >= 15 is 0 Å². The van der Waals surface area contributed by atoms with Gasteiger partial charge in [-0.1, -0.05) is 12.0 Å². The molecule has 0 amide bonds. The molecule has 14 heavy (non-hydrogen) atoms. The molecule has 0 aromatic heterocycles. The van der Waals surface area contributed by atoms with Crippen LogP contribution >= 0.6 is 0 Å². The van der Waals surface area contributed by atoms with Crippen LogP contribution in [-0.2, 0) is 0 Å².